The van der Waals surface area contributed by atoms with Crippen LogP contribution in [0.15, 0.2) is 42.5 Å². The summed E-state index contributed by atoms with van der Waals surface area (Å²) in [4.78, 5) is 2.56. The largest absolute Gasteiger partial charge is 0.314 e. The molecule has 1 unspecified atom stereocenters. The standard InChI is InChI=1S/C19H23ClN2/c1-14-6-7-18(15(2)12-14)19(22-10-8-21-9-11-22)16-4-3-5-17(20)13-16/h3-7,12-13,19,21H,8-11H2,1-2H3. The first kappa shape index (κ1) is 15.5. The lowest BCUT2D eigenvalue weighted by atomic mass is 9.92. The molecule has 0 aliphatic carbocycles. The molecule has 0 saturated carbocycles. The van der Waals surface area contributed by atoms with Gasteiger partial charge in [-0.25, -0.2) is 0 Å². The van der Waals surface area contributed by atoms with Crippen LogP contribution < -0.4 is 5.32 Å². The van der Waals surface area contributed by atoms with Gasteiger partial charge in [-0.2, -0.15) is 0 Å². The quantitative estimate of drug-likeness (QED) is 0.922. The topological polar surface area (TPSA) is 15.3 Å². The summed E-state index contributed by atoms with van der Waals surface area (Å²) in [6, 6.07) is 15.3. The zero-order valence-corrected chi connectivity index (χ0v) is 14.0. The maximum atomic E-state index is 6.25. The number of hydrogen-bond acceptors (Lipinski definition) is 2. The molecular formula is C19H23ClN2. The van der Waals surface area contributed by atoms with Crippen LogP contribution in [0.4, 0.5) is 0 Å². The number of piperazine rings is 1. The summed E-state index contributed by atoms with van der Waals surface area (Å²) < 4.78 is 0. The Morgan fingerprint density at radius 1 is 1.05 bits per heavy atom. The summed E-state index contributed by atoms with van der Waals surface area (Å²) in [5.74, 6) is 0. The number of rotatable bonds is 3. The van der Waals surface area contributed by atoms with E-state index in [0.29, 0.717) is 0 Å². The van der Waals surface area contributed by atoms with E-state index in [2.05, 4.69) is 60.5 Å². The first-order valence-electron chi connectivity index (χ1n) is 7.92. The van der Waals surface area contributed by atoms with Gasteiger partial charge in [0.1, 0.15) is 0 Å². The Labute approximate surface area is 138 Å². The third-order valence-electron chi connectivity index (χ3n) is 4.40. The highest BCUT2D eigenvalue weighted by atomic mass is 35.5. The Hall–Kier alpha value is -1.35. The Morgan fingerprint density at radius 2 is 1.82 bits per heavy atom. The summed E-state index contributed by atoms with van der Waals surface area (Å²) in [6.45, 7) is 8.57. The summed E-state index contributed by atoms with van der Waals surface area (Å²) in [7, 11) is 0. The van der Waals surface area contributed by atoms with Gasteiger partial charge < -0.3 is 5.32 Å². The normalized spacial score (nSPS) is 17.4. The molecule has 1 heterocycles. The van der Waals surface area contributed by atoms with Crippen molar-refractivity contribution < 1.29 is 0 Å². The second-order valence-corrected chi connectivity index (χ2v) is 6.54. The predicted octanol–water partition coefficient (Wildman–Crippen LogP) is 3.95. The second-order valence-electron chi connectivity index (χ2n) is 6.10. The lowest BCUT2D eigenvalue weighted by Gasteiger charge is -2.36. The molecule has 1 atom stereocenters. The first-order valence-corrected chi connectivity index (χ1v) is 8.30. The molecule has 22 heavy (non-hydrogen) atoms. The Morgan fingerprint density at radius 3 is 2.50 bits per heavy atom. The summed E-state index contributed by atoms with van der Waals surface area (Å²) >= 11 is 6.25. The van der Waals surface area contributed by atoms with Gasteiger partial charge in [-0.05, 0) is 42.7 Å². The average molecular weight is 315 g/mol. The van der Waals surface area contributed by atoms with E-state index in [9.17, 15) is 0 Å². The van der Waals surface area contributed by atoms with E-state index in [1.54, 1.807) is 0 Å². The van der Waals surface area contributed by atoms with Crippen molar-refractivity contribution in [2.45, 2.75) is 19.9 Å². The van der Waals surface area contributed by atoms with Crippen molar-refractivity contribution >= 4 is 11.6 Å². The van der Waals surface area contributed by atoms with E-state index >= 15 is 0 Å². The molecule has 1 aliphatic rings. The number of hydrogen-bond donors (Lipinski definition) is 1. The molecule has 0 amide bonds. The van der Waals surface area contributed by atoms with Gasteiger partial charge in [-0.3, -0.25) is 4.90 Å². The number of nitrogens with zero attached hydrogens (tertiary/aromatic N) is 1. The predicted molar refractivity (Wildman–Crippen MR) is 93.7 cm³/mol. The fraction of sp³-hybridized carbons (Fsp3) is 0.368. The van der Waals surface area contributed by atoms with Crippen LogP contribution in [0.5, 0.6) is 0 Å². The van der Waals surface area contributed by atoms with Crippen LogP contribution in [0.1, 0.15) is 28.3 Å². The summed E-state index contributed by atoms with van der Waals surface area (Å²) in [5, 5.41) is 4.25. The van der Waals surface area contributed by atoms with Crippen LogP contribution in [-0.4, -0.2) is 31.1 Å². The second kappa shape index (κ2) is 6.82. The Balaban J connectivity index is 2.05. The number of halogens is 1. The summed E-state index contributed by atoms with van der Waals surface area (Å²) in [5.41, 5.74) is 5.33. The van der Waals surface area contributed by atoms with E-state index in [1.165, 1.54) is 22.3 Å². The van der Waals surface area contributed by atoms with Gasteiger partial charge in [-0.15, -0.1) is 0 Å². The lowest BCUT2D eigenvalue weighted by molar-refractivity contribution is 0.198. The molecule has 0 aromatic heterocycles. The van der Waals surface area contributed by atoms with Crippen molar-refractivity contribution in [3.63, 3.8) is 0 Å². The zero-order valence-electron chi connectivity index (χ0n) is 13.3. The van der Waals surface area contributed by atoms with Gasteiger partial charge in [0, 0.05) is 31.2 Å². The van der Waals surface area contributed by atoms with Gasteiger partial charge >= 0.3 is 0 Å². The van der Waals surface area contributed by atoms with Crippen LogP contribution in [0.25, 0.3) is 0 Å². The molecule has 0 bridgehead atoms. The molecular weight excluding hydrogens is 292 g/mol. The molecule has 1 N–H and O–H groups in total. The molecule has 116 valence electrons. The third-order valence-corrected chi connectivity index (χ3v) is 4.64. The molecule has 3 heteroatoms. The van der Waals surface area contributed by atoms with Crippen LogP contribution in [-0.2, 0) is 0 Å². The Bertz CT molecular complexity index is 648. The van der Waals surface area contributed by atoms with Crippen molar-refractivity contribution in [3.05, 3.63) is 69.7 Å². The van der Waals surface area contributed by atoms with Gasteiger partial charge in [0.2, 0.25) is 0 Å². The van der Waals surface area contributed by atoms with E-state index in [4.69, 9.17) is 11.6 Å². The monoisotopic (exact) mass is 314 g/mol. The molecule has 2 aromatic carbocycles. The van der Waals surface area contributed by atoms with Crippen molar-refractivity contribution in [3.8, 4) is 0 Å². The van der Waals surface area contributed by atoms with Crippen molar-refractivity contribution in [1.82, 2.24) is 10.2 Å². The number of benzene rings is 2. The van der Waals surface area contributed by atoms with Gasteiger partial charge in [0.25, 0.3) is 0 Å². The van der Waals surface area contributed by atoms with Gasteiger partial charge in [0.15, 0.2) is 0 Å². The van der Waals surface area contributed by atoms with E-state index in [1.807, 2.05) is 6.07 Å². The molecule has 2 aromatic rings. The van der Waals surface area contributed by atoms with Crippen molar-refractivity contribution in [1.29, 1.82) is 0 Å². The minimum Gasteiger partial charge on any atom is -0.314 e. The molecule has 2 nitrogen and oxygen atoms in total. The van der Waals surface area contributed by atoms with Crippen LogP contribution in [0.2, 0.25) is 5.02 Å². The Kier molecular flexibility index (Phi) is 4.82. The highest BCUT2D eigenvalue weighted by molar-refractivity contribution is 6.30. The van der Waals surface area contributed by atoms with Crippen LogP contribution in [0, 0.1) is 13.8 Å². The minimum absolute atomic E-state index is 0.279. The summed E-state index contributed by atoms with van der Waals surface area (Å²) in [6.07, 6.45) is 0. The lowest BCUT2D eigenvalue weighted by Crippen LogP contribution is -2.45. The van der Waals surface area contributed by atoms with E-state index in [0.717, 1.165) is 31.2 Å². The molecule has 0 spiro atoms. The van der Waals surface area contributed by atoms with Crippen molar-refractivity contribution in [2.24, 2.45) is 0 Å². The third kappa shape index (κ3) is 3.35. The fourth-order valence-electron chi connectivity index (χ4n) is 3.34. The molecule has 1 fully saturated rings. The SMILES string of the molecule is Cc1ccc(C(c2cccc(Cl)c2)N2CCNCC2)c(C)c1. The maximum Gasteiger partial charge on any atom is 0.0605 e. The van der Waals surface area contributed by atoms with E-state index in [-0.39, 0.29) is 6.04 Å². The smallest absolute Gasteiger partial charge is 0.0605 e. The highest BCUT2D eigenvalue weighted by Gasteiger charge is 2.25. The van der Waals surface area contributed by atoms with E-state index < -0.39 is 0 Å². The van der Waals surface area contributed by atoms with Crippen molar-refractivity contribution in [2.75, 3.05) is 26.2 Å². The maximum absolute atomic E-state index is 6.25. The highest BCUT2D eigenvalue weighted by Crippen LogP contribution is 2.32. The van der Waals surface area contributed by atoms with Gasteiger partial charge in [-0.1, -0.05) is 47.5 Å². The van der Waals surface area contributed by atoms with Gasteiger partial charge in [0.05, 0.1) is 6.04 Å². The minimum atomic E-state index is 0.279. The first-order chi connectivity index (χ1) is 10.6. The zero-order chi connectivity index (χ0) is 15.5. The van der Waals surface area contributed by atoms with Crippen LogP contribution >= 0.6 is 11.6 Å². The molecule has 1 aliphatic heterocycles. The molecule has 1 saturated heterocycles. The van der Waals surface area contributed by atoms with Crippen LogP contribution in [0.3, 0.4) is 0 Å². The number of nitrogens with one attached hydrogen (secondary N) is 1. The average Bonchev–Trinajstić information content (AvgIpc) is 2.51. The molecule has 3 rings (SSSR count). The number of aryl methyl sites for hydroxylation is 2. The fourth-order valence-corrected chi connectivity index (χ4v) is 3.54. The molecule has 0 radical (unpaired) electrons.